The summed E-state index contributed by atoms with van der Waals surface area (Å²) in [7, 11) is -2.61. The molecule has 0 spiro atoms. The number of carbonyl (C=O) groups is 2. The standard InChI is InChI=1S/C30H26ClNO5S/c1-20-10-14-22(15-11-20)28(33)29(23-16-12-21(2)13-17-23)37-30(34)24-6-4-9-27(18-24)38(35,36)32(3)26-8-5-7-25(31)19-26/h4-19,29H,1-3H3/t29-/m1/s1. The van der Waals surface area contributed by atoms with E-state index in [4.69, 9.17) is 16.3 Å². The fourth-order valence-electron chi connectivity index (χ4n) is 3.81. The van der Waals surface area contributed by atoms with E-state index in [0.29, 0.717) is 21.8 Å². The minimum atomic E-state index is -4.01. The van der Waals surface area contributed by atoms with Gasteiger partial charge in [-0.25, -0.2) is 13.2 Å². The monoisotopic (exact) mass is 547 g/mol. The number of nitrogens with zero attached hydrogens (tertiary/aromatic N) is 1. The summed E-state index contributed by atoms with van der Waals surface area (Å²) in [4.78, 5) is 26.6. The first-order valence-electron chi connectivity index (χ1n) is 11.8. The Bertz CT molecular complexity index is 1580. The smallest absolute Gasteiger partial charge is 0.339 e. The van der Waals surface area contributed by atoms with Crippen LogP contribution < -0.4 is 4.31 Å². The predicted octanol–water partition coefficient (Wildman–Crippen LogP) is 6.56. The summed E-state index contributed by atoms with van der Waals surface area (Å²) in [5.74, 6) is -1.20. The molecule has 0 heterocycles. The minimum Gasteiger partial charge on any atom is -0.445 e. The number of benzene rings is 4. The first-order chi connectivity index (χ1) is 18.1. The molecule has 4 aromatic carbocycles. The molecule has 4 rings (SSSR count). The molecule has 8 heteroatoms. The van der Waals surface area contributed by atoms with Crippen LogP contribution in [0.4, 0.5) is 5.69 Å². The number of Topliss-reactive ketones (excluding diaryl/α,β-unsaturated/α-hetero) is 1. The van der Waals surface area contributed by atoms with Gasteiger partial charge >= 0.3 is 5.97 Å². The molecule has 1 atom stereocenters. The molecule has 0 radical (unpaired) electrons. The van der Waals surface area contributed by atoms with Gasteiger partial charge in [0, 0.05) is 23.2 Å². The maximum atomic E-state index is 13.4. The van der Waals surface area contributed by atoms with Crippen LogP contribution in [0.3, 0.4) is 0 Å². The van der Waals surface area contributed by atoms with E-state index < -0.39 is 22.1 Å². The Labute approximate surface area is 227 Å². The zero-order valence-corrected chi connectivity index (χ0v) is 22.7. The summed E-state index contributed by atoms with van der Waals surface area (Å²) < 4.78 is 33.4. The van der Waals surface area contributed by atoms with Crippen molar-refractivity contribution >= 4 is 39.1 Å². The van der Waals surface area contributed by atoms with Crippen LogP contribution in [0.5, 0.6) is 0 Å². The molecule has 0 aliphatic carbocycles. The number of carbonyl (C=O) groups excluding carboxylic acids is 2. The van der Waals surface area contributed by atoms with Crippen LogP contribution in [0, 0.1) is 13.8 Å². The Hall–Kier alpha value is -3.94. The van der Waals surface area contributed by atoms with E-state index in [1.165, 1.54) is 37.4 Å². The van der Waals surface area contributed by atoms with E-state index >= 15 is 0 Å². The highest BCUT2D eigenvalue weighted by molar-refractivity contribution is 7.92. The topological polar surface area (TPSA) is 80.8 Å². The van der Waals surface area contributed by atoms with Crippen molar-refractivity contribution in [2.75, 3.05) is 11.4 Å². The van der Waals surface area contributed by atoms with Crippen LogP contribution in [0.15, 0.2) is 102 Å². The minimum absolute atomic E-state index is 0.000568. The molecule has 4 aromatic rings. The summed E-state index contributed by atoms with van der Waals surface area (Å²) in [5, 5.41) is 0.391. The lowest BCUT2D eigenvalue weighted by atomic mass is 9.98. The molecule has 6 nitrogen and oxygen atoms in total. The van der Waals surface area contributed by atoms with Crippen molar-refractivity contribution < 1.29 is 22.7 Å². The number of hydrogen-bond acceptors (Lipinski definition) is 5. The van der Waals surface area contributed by atoms with Gasteiger partial charge in [0.05, 0.1) is 16.1 Å². The van der Waals surface area contributed by atoms with Crippen LogP contribution in [0.25, 0.3) is 0 Å². The Balaban J connectivity index is 1.65. The quantitative estimate of drug-likeness (QED) is 0.184. The lowest BCUT2D eigenvalue weighted by Crippen LogP contribution is -2.27. The van der Waals surface area contributed by atoms with Crippen molar-refractivity contribution in [2.45, 2.75) is 24.8 Å². The molecule has 0 bridgehead atoms. The second-order valence-electron chi connectivity index (χ2n) is 8.91. The third-order valence-corrected chi connectivity index (χ3v) is 8.10. The highest BCUT2D eigenvalue weighted by Crippen LogP contribution is 2.28. The SMILES string of the molecule is Cc1ccc(C(=O)[C@H](OC(=O)c2cccc(S(=O)(=O)N(C)c3cccc(Cl)c3)c2)c2ccc(C)cc2)cc1. The molecule has 194 valence electrons. The fraction of sp³-hybridized carbons (Fsp3) is 0.133. The summed E-state index contributed by atoms with van der Waals surface area (Å²) >= 11 is 6.03. The highest BCUT2D eigenvalue weighted by Gasteiger charge is 2.28. The van der Waals surface area contributed by atoms with Crippen molar-refractivity contribution in [1.82, 2.24) is 0 Å². The lowest BCUT2D eigenvalue weighted by Gasteiger charge is -2.20. The van der Waals surface area contributed by atoms with Gasteiger partial charge in [0.1, 0.15) is 0 Å². The van der Waals surface area contributed by atoms with Gasteiger partial charge in [0.2, 0.25) is 5.78 Å². The van der Waals surface area contributed by atoms with Gasteiger partial charge in [0.15, 0.2) is 6.10 Å². The van der Waals surface area contributed by atoms with Crippen LogP contribution in [-0.4, -0.2) is 27.2 Å². The molecule has 0 saturated heterocycles. The average molecular weight is 548 g/mol. The molecule has 0 aromatic heterocycles. The molecule has 0 fully saturated rings. The maximum Gasteiger partial charge on any atom is 0.339 e. The molecule has 0 N–H and O–H groups in total. The molecule has 0 amide bonds. The lowest BCUT2D eigenvalue weighted by molar-refractivity contribution is 0.0279. The summed E-state index contributed by atoms with van der Waals surface area (Å²) in [6.07, 6.45) is -1.21. The van der Waals surface area contributed by atoms with Gasteiger partial charge in [-0.15, -0.1) is 0 Å². The van der Waals surface area contributed by atoms with Crippen LogP contribution in [0.1, 0.15) is 43.5 Å². The van der Waals surface area contributed by atoms with Gasteiger partial charge in [-0.2, -0.15) is 0 Å². The molecule has 0 saturated carbocycles. The van der Waals surface area contributed by atoms with E-state index in [9.17, 15) is 18.0 Å². The van der Waals surface area contributed by atoms with E-state index in [2.05, 4.69) is 0 Å². The second kappa shape index (κ2) is 11.2. The molecular weight excluding hydrogens is 522 g/mol. The highest BCUT2D eigenvalue weighted by atomic mass is 35.5. The normalized spacial score (nSPS) is 12.0. The Morgan fingerprint density at radius 1 is 0.789 bits per heavy atom. The van der Waals surface area contributed by atoms with Gasteiger partial charge in [-0.05, 0) is 50.2 Å². The van der Waals surface area contributed by atoms with Gasteiger partial charge in [-0.1, -0.05) is 83.4 Å². The number of ether oxygens (including phenoxy) is 1. The number of ketones is 1. The number of halogens is 1. The number of esters is 1. The predicted molar refractivity (Wildman–Crippen MR) is 148 cm³/mol. The Morgan fingerprint density at radius 3 is 2.03 bits per heavy atom. The van der Waals surface area contributed by atoms with Crippen molar-refractivity contribution in [1.29, 1.82) is 0 Å². The summed E-state index contributed by atoms with van der Waals surface area (Å²) in [6.45, 7) is 3.83. The number of sulfonamides is 1. The van der Waals surface area contributed by atoms with E-state index in [-0.39, 0.29) is 16.2 Å². The summed E-state index contributed by atoms with van der Waals surface area (Å²) in [6, 6.07) is 26.1. The number of hydrogen-bond donors (Lipinski definition) is 0. The van der Waals surface area contributed by atoms with E-state index in [1.807, 2.05) is 38.1 Å². The Kier molecular flexibility index (Phi) is 7.99. The van der Waals surface area contributed by atoms with Gasteiger partial charge in [-0.3, -0.25) is 9.10 Å². The first kappa shape index (κ1) is 27.1. The number of rotatable bonds is 8. The van der Waals surface area contributed by atoms with Gasteiger partial charge < -0.3 is 4.74 Å². The molecular formula is C30H26ClNO5S. The number of anilines is 1. The third-order valence-electron chi connectivity index (χ3n) is 6.08. The first-order valence-corrected chi connectivity index (χ1v) is 13.6. The number of aryl methyl sites for hydroxylation is 2. The van der Waals surface area contributed by atoms with Crippen molar-refractivity contribution in [3.8, 4) is 0 Å². The molecule has 0 unspecified atom stereocenters. The summed E-state index contributed by atoms with van der Waals surface area (Å²) in [5.41, 5.74) is 3.26. The fourth-order valence-corrected chi connectivity index (χ4v) is 5.23. The van der Waals surface area contributed by atoms with Gasteiger partial charge in [0.25, 0.3) is 10.0 Å². The maximum absolute atomic E-state index is 13.4. The average Bonchev–Trinajstić information content (AvgIpc) is 2.92. The Morgan fingerprint density at radius 2 is 1.39 bits per heavy atom. The zero-order valence-electron chi connectivity index (χ0n) is 21.1. The molecule has 0 aliphatic rings. The van der Waals surface area contributed by atoms with Crippen LogP contribution in [-0.2, 0) is 14.8 Å². The second-order valence-corrected chi connectivity index (χ2v) is 11.3. The van der Waals surface area contributed by atoms with E-state index in [1.54, 1.807) is 42.5 Å². The molecule has 38 heavy (non-hydrogen) atoms. The van der Waals surface area contributed by atoms with Crippen LogP contribution in [0.2, 0.25) is 5.02 Å². The largest absolute Gasteiger partial charge is 0.445 e. The van der Waals surface area contributed by atoms with E-state index in [0.717, 1.165) is 15.4 Å². The molecule has 0 aliphatic heterocycles. The zero-order chi connectivity index (χ0) is 27.4. The van der Waals surface area contributed by atoms with Crippen molar-refractivity contribution in [3.05, 3.63) is 130 Å². The van der Waals surface area contributed by atoms with Crippen molar-refractivity contribution in [3.63, 3.8) is 0 Å². The van der Waals surface area contributed by atoms with Crippen molar-refractivity contribution in [2.24, 2.45) is 0 Å². The van der Waals surface area contributed by atoms with Crippen LogP contribution >= 0.6 is 11.6 Å². The third kappa shape index (κ3) is 5.96.